The second-order valence-electron chi connectivity index (χ2n) is 8.30. The number of aryl methyl sites for hydroxylation is 1. The van der Waals surface area contributed by atoms with Gasteiger partial charge in [0.1, 0.15) is 5.75 Å². The molecular formula is C28H26N4O2S. The molecule has 0 bridgehead atoms. The first-order valence-electron chi connectivity index (χ1n) is 11.5. The molecule has 1 aromatic heterocycles. The summed E-state index contributed by atoms with van der Waals surface area (Å²) in [5, 5.41) is 8.43. The number of nitrogens with zero attached hydrogens (tertiary/aromatic N) is 3. The summed E-state index contributed by atoms with van der Waals surface area (Å²) < 4.78 is 11.2. The smallest absolute Gasteiger partial charge is 0.258 e. The van der Waals surface area contributed by atoms with Gasteiger partial charge in [-0.05, 0) is 61.0 Å². The van der Waals surface area contributed by atoms with Crippen LogP contribution >= 0.6 is 12.2 Å². The number of allylic oxidation sites excluding steroid dienone is 1. The molecule has 0 spiro atoms. The van der Waals surface area contributed by atoms with Gasteiger partial charge in [-0.15, -0.1) is 0 Å². The highest BCUT2D eigenvalue weighted by Crippen LogP contribution is 2.39. The molecule has 1 unspecified atom stereocenters. The molecule has 7 heteroatoms. The Balaban J connectivity index is 1.63. The van der Waals surface area contributed by atoms with Crippen LogP contribution in [0.2, 0.25) is 0 Å². The summed E-state index contributed by atoms with van der Waals surface area (Å²) in [4.78, 5) is 6.80. The molecule has 1 aliphatic heterocycles. The predicted octanol–water partition coefficient (Wildman–Crippen LogP) is 6.17. The lowest BCUT2D eigenvalue weighted by Crippen LogP contribution is -2.46. The zero-order valence-electron chi connectivity index (χ0n) is 19.9. The van der Waals surface area contributed by atoms with Crippen molar-refractivity contribution in [2.24, 2.45) is 0 Å². The van der Waals surface area contributed by atoms with Crippen LogP contribution in [-0.2, 0) is 6.42 Å². The summed E-state index contributed by atoms with van der Waals surface area (Å²) in [5.41, 5.74) is 5.96. The Morgan fingerprint density at radius 2 is 1.80 bits per heavy atom. The van der Waals surface area contributed by atoms with E-state index < -0.39 is 0 Å². The largest absolute Gasteiger partial charge is 0.497 e. The van der Waals surface area contributed by atoms with Gasteiger partial charge in [0.05, 0.1) is 18.7 Å². The number of anilines is 1. The molecule has 35 heavy (non-hydrogen) atoms. The molecule has 0 radical (unpaired) electrons. The van der Waals surface area contributed by atoms with Gasteiger partial charge in [-0.2, -0.15) is 4.98 Å². The first-order chi connectivity index (χ1) is 17.1. The summed E-state index contributed by atoms with van der Waals surface area (Å²) in [5.74, 6) is 1.68. The molecule has 1 N–H and O–H groups in total. The maximum atomic E-state index is 5.85. The normalized spacial score (nSPS) is 15.8. The number of hydrogen-bond acceptors (Lipinski definition) is 5. The first kappa shape index (κ1) is 22.8. The van der Waals surface area contributed by atoms with Gasteiger partial charge in [0, 0.05) is 16.9 Å². The Morgan fingerprint density at radius 3 is 2.51 bits per heavy atom. The van der Waals surface area contributed by atoms with Crippen LogP contribution in [0, 0.1) is 0 Å². The highest BCUT2D eigenvalue weighted by molar-refractivity contribution is 7.80. The van der Waals surface area contributed by atoms with E-state index in [4.69, 9.17) is 26.5 Å². The van der Waals surface area contributed by atoms with Gasteiger partial charge in [0.2, 0.25) is 5.82 Å². The average Bonchev–Trinajstić information content (AvgIpc) is 3.39. The zero-order valence-corrected chi connectivity index (χ0v) is 20.7. The number of rotatable bonds is 6. The van der Waals surface area contributed by atoms with Crippen molar-refractivity contribution in [3.63, 3.8) is 0 Å². The van der Waals surface area contributed by atoms with E-state index in [1.807, 2.05) is 66.4 Å². The van der Waals surface area contributed by atoms with Crippen LogP contribution in [-0.4, -0.2) is 22.4 Å². The van der Waals surface area contributed by atoms with Crippen molar-refractivity contribution in [2.45, 2.75) is 26.3 Å². The lowest BCUT2D eigenvalue weighted by Gasteiger charge is -2.37. The first-order valence-corrected chi connectivity index (χ1v) is 11.9. The molecule has 3 aromatic carbocycles. The Labute approximate surface area is 210 Å². The van der Waals surface area contributed by atoms with E-state index in [9.17, 15) is 0 Å². The van der Waals surface area contributed by atoms with Gasteiger partial charge < -0.3 is 14.6 Å². The number of aromatic nitrogens is 2. The minimum absolute atomic E-state index is 0.230. The number of para-hydroxylation sites is 1. The van der Waals surface area contributed by atoms with Crippen molar-refractivity contribution >= 4 is 28.6 Å². The van der Waals surface area contributed by atoms with E-state index in [0.717, 1.165) is 40.3 Å². The Hall–Kier alpha value is -3.97. The van der Waals surface area contributed by atoms with Crippen LogP contribution in [0.3, 0.4) is 0 Å². The maximum Gasteiger partial charge on any atom is 0.258 e. The monoisotopic (exact) mass is 482 g/mol. The topological polar surface area (TPSA) is 63.4 Å². The second-order valence-corrected chi connectivity index (χ2v) is 8.69. The fourth-order valence-electron chi connectivity index (χ4n) is 4.32. The van der Waals surface area contributed by atoms with Gasteiger partial charge in [-0.25, -0.2) is 0 Å². The fraction of sp³-hybridized carbons (Fsp3) is 0.179. The van der Waals surface area contributed by atoms with Crippen LogP contribution in [0.25, 0.3) is 17.0 Å². The summed E-state index contributed by atoms with van der Waals surface area (Å²) in [6, 6.07) is 26.0. The quantitative estimate of drug-likeness (QED) is 0.330. The van der Waals surface area contributed by atoms with E-state index in [1.165, 1.54) is 5.56 Å². The average molecular weight is 483 g/mol. The maximum absolute atomic E-state index is 5.85. The Kier molecular flexibility index (Phi) is 6.33. The number of ether oxygens (including phenoxy) is 1. The molecular weight excluding hydrogens is 456 g/mol. The summed E-state index contributed by atoms with van der Waals surface area (Å²) >= 11 is 5.82. The minimum atomic E-state index is -0.230. The molecule has 0 saturated heterocycles. The summed E-state index contributed by atoms with van der Waals surface area (Å²) in [6.07, 6.45) is 0.980. The fourth-order valence-corrected chi connectivity index (χ4v) is 4.68. The van der Waals surface area contributed by atoms with E-state index in [0.29, 0.717) is 16.8 Å². The van der Waals surface area contributed by atoms with Gasteiger partial charge in [-0.1, -0.05) is 66.7 Å². The zero-order chi connectivity index (χ0) is 24.4. The molecule has 6 nitrogen and oxygen atoms in total. The molecule has 5 rings (SSSR count). The Bertz CT molecular complexity index is 1380. The lowest BCUT2D eigenvalue weighted by molar-refractivity contribution is 0.403. The molecule has 0 aliphatic carbocycles. The van der Waals surface area contributed by atoms with E-state index in [1.54, 1.807) is 7.11 Å². The molecule has 0 fully saturated rings. The number of thiocarbonyl (C=S) groups is 1. The van der Waals surface area contributed by atoms with Gasteiger partial charge in [-0.3, -0.25) is 4.90 Å². The molecule has 176 valence electrons. The van der Waals surface area contributed by atoms with Crippen molar-refractivity contribution in [3.05, 3.63) is 102 Å². The summed E-state index contributed by atoms with van der Waals surface area (Å²) in [6.45, 7) is 4.19. The molecule has 0 saturated carbocycles. The number of hydrogen-bond donors (Lipinski definition) is 1. The standard InChI is InChI=1S/C28H26N4O2S/c1-4-19-13-15-20(16-14-19)25-24(18(2)32(28(35)29-25)22-10-6-5-7-11-22)27-30-26(31-34-27)21-9-8-12-23(17-21)33-3/h5-17,25H,4H2,1-3H3,(H,29,35). The van der Waals surface area contributed by atoms with Crippen LogP contribution in [0.5, 0.6) is 5.75 Å². The highest BCUT2D eigenvalue weighted by atomic mass is 32.1. The minimum Gasteiger partial charge on any atom is -0.497 e. The third-order valence-electron chi connectivity index (χ3n) is 6.20. The van der Waals surface area contributed by atoms with Crippen molar-refractivity contribution in [2.75, 3.05) is 12.0 Å². The van der Waals surface area contributed by atoms with Crippen molar-refractivity contribution < 1.29 is 9.26 Å². The van der Waals surface area contributed by atoms with Crippen molar-refractivity contribution in [3.8, 4) is 17.1 Å². The molecule has 4 aromatic rings. The number of nitrogens with one attached hydrogen (secondary N) is 1. The van der Waals surface area contributed by atoms with Crippen LogP contribution in [0.1, 0.15) is 36.9 Å². The van der Waals surface area contributed by atoms with Gasteiger partial charge >= 0.3 is 0 Å². The van der Waals surface area contributed by atoms with E-state index in [-0.39, 0.29) is 6.04 Å². The molecule has 0 amide bonds. The van der Waals surface area contributed by atoms with Crippen molar-refractivity contribution in [1.82, 2.24) is 15.5 Å². The third kappa shape index (κ3) is 4.42. The third-order valence-corrected chi connectivity index (χ3v) is 6.51. The molecule has 1 atom stereocenters. The lowest BCUT2D eigenvalue weighted by atomic mass is 9.93. The number of methoxy groups -OCH3 is 1. The Morgan fingerprint density at radius 1 is 1.03 bits per heavy atom. The van der Waals surface area contributed by atoms with Crippen molar-refractivity contribution in [1.29, 1.82) is 0 Å². The molecule has 1 aliphatic rings. The highest BCUT2D eigenvalue weighted by Gasteiger charge is 2.34. The summed E-state index contributed by atoms with van der Waals surface area (Å²) in [7, 11) is 1.64. The number of benzene rings is 3. The van der Waals surface area contributed by atoms with Gasteiger partial charge in [0.15, 0.2) is 5.11 Å². The van der Waals surface area contributed by atoms with Crippen LogP contribution < -0.4 is 15.0 Å². The van der Waals surface area contributed by atoms with Crippen LogP contribution in [0.4, 0.5) is 5.69 Å². The molecule has 2 heterocycles. The van der Waals surface area contributed by atoms with E-state index in [2.05, 4.69) is 41.7 Å². The van der Waals surface area contributed by atoms with Crippen LogP contribution in [0.15, 0.2) is 89.1 Å². The predicted molar refractivity (Wildman–Crippen MR) is 142 cm³/mol. The van der Waals surface area contributed by atoms with Gasteiger partial charge in [0.25, 0.3) is 5.89 Å². The van der Waals surface area contributed by atoms with E-state index >= 15 is 0 Å². The SMILES string of the molecule is CCc1ccc(C2NC(=S)N(c3ccccc3)C(C)=C2c2nc(-c3cccc(OC)c3)no2)cc1. The second kappa shape index (κ2) is 9.72.